The molecule has 0 aromatic carbocycles. The van der Waals surface area contributed by atoms with E-state index in [2.05, 4.69) is 45.3 Å². The quantitative estimate of drug-likeness (QED) is 0.863. The summed E-state index contributed by atoms with van der Waals surface area (Å²) in [7, 11) is 0. The van der Waals surface area contributed by atoms with Gasteiger partial charge in [0.15, 0.2) is 0 Å². The van der Waals surface area contributed by atoms with E-state index in [0.717, 1.165) is 38.2 Å². The first-order valence-corrected chi connectivity index (χ1v) is 8.10. The Morgan fingerprint density at radius 2 is 1.88 bits per heavy atom. The molecule has 2 aliphatic rings. The average Bonchev–Trinajstić information content (AvgIpc) is 2.62. The molecule has 0 radical (unpaired) electrons. The van der Waals surface area contributed by atoms with Gasteiger partial charge in [-0.25, -0.2) is 4.79 Å². The summed E-state index contributed by atoms with van der Waals surface area (Å²) in [5, 5.41) is 8.65. The maximum absolute atomic E-state index is 10.5. The van der Waals surface area contributed by atoms with Crippen LogP contribution < -0.4 is 4.90 Å². The number of carbonyl (C=O) groups is 1. The molecule has 5 heteroatoms. The number of hydrogen-bond donors (Lipinski definition) is 1. The fraction of sp³-hybridized carbons (Fsp3) is 0.263. The van der Waals surface area contributed by atoms with Crippen molar-refractivity contribution in [3.63, 3.8) is 0 Å². The van der Waals surface area contributed by atoms with Gasteiger partial charge >= 0.3 is 5.97 Å². The monoisotopic (exact) mass is 323 g/mol. The summed E-state index contributed by atoms with van der Waals surface area (Å²) < 4.78 is 0. The molecule has 124 valence electrons. The van der Waals surface area contributed by atoms with Gasteiger partial charge in [0, 0.05) is 56.5 Å². The van der Waals surface area contributed by atoms with Crippen molar-refractivity contribution in [3.05, 3.63) is 72.3 Å². The zero-order chi connectivity index (χ0) is 16.8. The van der Waals surface area contributed by atoms with Gasteiger partial charge in [-0.2, -0.15) is 0 Å². The lowest BCUT2D eigenvalue weighted by molar-refractivity contribution is -0.131. The molecular formula is C19H21N3O2. The lowest BCUT2D eigenvalue weighted by Crippen LogP contribution is -2.44. The van der Waals surface area contributed by atoms with Gasteiger partial charge in [-0.1, -0.05) is 18.2 Å². The molecule has 1 aliphatic carbocycles. The van der Waals surface area contributed by atoms with E-state index in [4.69, 9.17) is 5.11 Å². The number of allylic oxidation sites excluding steroid dienone is 6. The van der Waals surface area contributed by atoms with Crippen LogP contribution in [0, 0.1) is 0 Å². The minimum absolute atomic E-state index is 0.834. The third-order valence-corrected chi connectivity index (χ3v) is 4.17. The third-order valence-electron chi connectivity index (χ3n) is 4.17. The number of carboxylic acids is 1. The molecule has 5 nitrogen and oxygen atoms in total. The predicted molar refractivity (Wildman–Crippen MR) is 94.7 cm³/mol. The fourth-order valence-corrected chi connectivity index (χ4v) is 2.86. The van der Waals surface area contributed by atoms with Gasteiger partial charge in [0.2, 0.25) is 0 Å². The molecule has 0 spiro atoms. The van der Waals surface area contributed by atoms with Gasteiger partial charge in [-0.15, -0.1) is 0 Å². The number of nitrogens with zero attached hydrogens (tertiary/aromatic N) is 3. The molecule has 1 aliphatic heterocycles. The second kappa shape index (κ2) is 7.64. The van der Waals surface area contributed by atoms with E-state index >= 15 is 0 Å². The van der Waals surface area contributed by atoms with E-state index in [-0.39, 0.29) is 0 Å². The number of rotatable bonds is 4. The summed E-state index contributed by atoms with van der Waals surface area (Å²) in [5.41, 5.74) is 3.42. The molecule has 0 atom stereocenters. The van der Waals surface area contributed by atoms with E-state index < -0.39 is 5.97 Å². The van der Waals surface area contributed by atoms with Crippen LogP contribution >= 0.6 is 0 Å². The van der Waals surface area contributed by atoms with Crippen LogP contribution in [0.2, 0.25) is 0 Å². The van der Waals surface area contributed by atoms with Crippen LogP contribution in [0.25, 0.3) is 0 Å². The molecular weight excluding hydrogens is 302 g/mol. The Hall–Kier alpha value is -2.82. The van der Waals surface area contributed by atoms with Crippen molar-refractivity contribution in [1.29, 1.82) is 0 Å². The largest absolute Gasteiger partial charge is 0.478 e. The van der Waals surface area contributed by atoms with Crippen molar-refractivity contribution in [1.82, 2.24) is 9.88 Å². The van der Waals surface area contributed by atoms with Crippen molar-refractivity contribution in [2.24, 2.45) is 0 Å². The first-order chi connectivity index (χ1) is 11.7. The third kappa shape index (κ3) is 4.35. The van der Waals surface area contributed by atoms with E-state index in [1.807, 2.05) is 18.5 Å². The lowest BCUT2D eigenvalue weighted by atomic mass is 10.0. The molecule has 1 aromatic rings. The average molecular weight is 323 g/mol. The Morgan fingerprint density at radius 1 is 1.12 bits per heavy atom. The van der Waals surface area contributed by atoms with E-state index in [9.17, 15) is 4.79 Å². The summed E-state index contributed by atoms with van der Waals surface area (Å²) in [4.78, 5) is 19.3. The van der Waals surface area contributed by atoms with Crippen molar-refractivity contribution >= 4 is 11.7 Å². The van der Waals surface area contributed by atoms with Gasteiger partial charge in [-0.05, 0) is 35.8 Å². The maximum Gasteiger partial charge on any atom is 0.328 e. The summed E-state index contributed by atoms with van der Waals surface area (Å²) in [6, 6.07) is 4.10. The van der Waals surface area contributed by atoms with Gasteiger partial charge in [0.1, 0.15) is 0 Å². The zero-order valence-electron chi connectivity index (χ0n) is 13.5. The Morgan fingerprint density at radius 3 is 2.50 bits per heavy atom. The predicted octanol–water partition coefficient (Wildman–Crippen LogP) is 2.61. The summed E-state index contributed by atoms with van der Waals surface area (Å²) in [6.45, 7) is 3.99. The molecule has 1 saturated heterocycles. The number of pyridine rings is 1. The molecule has 0 saturated carbocycles. The number of aliphatic carboxylic acids is 1. The fourth-order valence-electron chi connectivity index (χ4n) is 2.86. The van der Waals surface area contributed by atoms with Crippen LogP contribution in [-0.4, -0.2) is 47.1 Å². The number of anilines is 1. The van der Waals surface area contributed by atoms with Gasteiger partial charge in [0.05, 0.1) is 0 Å². The van der Waals surface area contributed by atoms with Crippen LogP contribution in [0.1, 0.15) is 6.42 Å². The molecule has 0 unspecified atom stereocenters. The lowest BCUT2D eigenvalue weighted by Gasteiger charge is -2.36. The Balaban J connectivity index is 1.52. The Labute approximate surface area is 141 Å². The number of piperazine rings is 1. The highest BCUT2D eigenvalue weighted by atomic mass is 16.4. The molecule has 1 aromatic heterocycles. The highest BCUT2D eigenvalue weighted by Gasteiger charge is 2.15. The van der Waals surface area contributed by atoms with Crippen LogP contribution in [0.5, 0.6) is 0 Å². The molecule has 0 bridgehead atoms. The first kappa shape index (κ1) is 16.1. The normalized spacial score (nSPS) is 19.8. The number of aromatic nitrogens is 1. The SMILES string of the molecule is O=C(O)C=CC1=CCC(=CN2CCN(c3ccncc3)CC2)C=C1. The molecule has 2 heterocycles. The Kier molecular flexibility index (Phi) is 5.11. The second-order valence-electron chi connectivity index (χ2n) is 5.85. The first-order valence-electron chi connectivity index (χ1n) is 8.10. The number of carboxylic acid groups (broad SMARTS) is 1. The van der Waals surface area contributed by atoms with Crippen molar-refractivity contribution in [3.8, 4) is 0 Å². The molecule has 0 amide bonds. The maximum atomic E-state index is 10.5. The van der Waals surface area contributed by atoms with Gasteiger partial charge in [0.25, 0.3) is 0 Å². The summed E-state index contributed by atoms with van der Waals surface area (Å²) >= 11 is 0. The molecule has 1 fully saturated rings. The Bertz CT molecular complexity index is 697. The van der Waals surface area contributed by atoms with Crippen molar-refractivity contribution < 1.29 is 9.90 Å². The highest BCUT2D eigenvalue weighted by molar-refractivity contribution is 5.80. The minimum Gasteiger partial charge on any atom is -0.478 e. The topological polar surface area (TPSA) is 56.7 Å². The second-order valence-corrected chi connectivity index (χ2v) is 5.85. The molecule has 1 N–H and O–H groups in total. The standard InChI is InChI=1S/C19H21N3O2/c23-19(24)6-5-16-1-3-17(4-2-16)15-21-11-13-22(14-12-21)18-7-9-20-10-8-18/h1-3,5-10,15H,4,11-14H2,(H,23,24). The van der Waals surface area contributed by atoms with Crippen LogP contribution in [0.15, 0.2) is 72.3 Å². The van der Waals surface area contributed by atoms with Crippen LogP contribution in [0.4, 0.5) is 5.69 Å². The van der Waals surface area contributed by atoms with E-state index in [1.165, 1.54) is 17.3 Å². The van der Waals surface area contributed by atoms with E-state index in [1.54, 1.807) is 6.08 Å². The van der Waals surface area contributed by atoms with Crippen molar-refractivity contribution in [2.75, 3.05) is 31.1 Å². The smallest absolute Gasteiger partial charge is 0.328 e. The molecule has 24 heavy (non-hydrogen) atoms. The highest BCUT2D eigenvalue weighted by Crippen LogP contribution is 2.19. The zero-order valence-corrected chi connectivity index (χ0v) is 13.5. The van der Waals surface area contributed by atoms with Gasteiger partial charge < -0.3 is 14.9 Å². The van der Waals surface area contributed by atoms with Gasteiger partial charge in [-0.3, -0.25) is 4.98 Å². The number of hydrogen-bond acceptors (Lipinski definition) is 4. The van der Waals surface area contributed by atoms with Crippen LogP contribution in [-0.2, 0) is 4.79 Å². The van der Waals surface area contributed by atoms with E-state index in [0.29, 0.717) is 0 Å². The minimum atomic E-state index is -0.919. The summed E-state index contributed by atoms with van der Waals surface area (Å²) in [5.74, 6) is -0.919. The molecule has 3 rings (SSSR count). The van der Waals surface area contributed by atoms with Crippen LogP contribution in [0.3, 0.4) is 0 Å². The van der Waals surface area contributed by atoms with Crippen molar-refractivity contribution in [2.45, 2.75) is 6.42 Å². The summed E-state index contributed by atoms with van der Waals surface area (Å²) in [6.07, 6.45) is 15.6.